The molecule has 0 radical (unpaired) electrons. The number of benzene rings is 1. The lowest BCUT2D eigenvalue weighted by atomic mass is 10.0. The van der Waals surface area contributed by atoms with E-state index in [1.165, 1.54) is 12.1 Å². The Morgan fingerprint density at radius 2 is 2.05 bits per heavy atom. The molecule has 0 aromatic heterocycles. The monoisotopic (exact) mass is 285 g/mol. The molecule has 1 N–H and O–H groups in total. The van der Waals surface area contributed by atoms with Crippen molar-refractivity contribution >= 4 is 23.0 Å². The van der Waals surface area contributed by atoms with Gasteiger partial charge in [0.15, 0.2) is 0 Å². The standard InChI is InChI=1S/C13H20ClN3O2/c1-9(2)12(8-16(3)4)15-11-7-10(14)5-6-13(11)17(18)19/h5-7,9,12,15H,8H2,1-4H3. The lowest BCUT2D eigenvalue weighted by Crippen LogP contribution is -2.36. The van der Waals surface area contributed by atoms with Gasteiger partial charge in [-0.1, -0.05) is 25.4 Å². The molecule has 6 heteroatoms. The van der Waals surface area contributed by atoms with Crippen molar-refractivity contribution in [2.45, 2.75) is 19.9 Å². The number of likely N-dealkylation sites (N-methyl/N-ethyl adjacent to an activating group) is 1. The quantitative estimate of drug-likeness (QED) is 0.644. The van der Waals surface area contributed by atoms with Crippen molar-refractivity contribution in [1.82, 2.24) is 4.90 Å². The topological polar surface area (TPSA) is 58.4 Å². The summed E-state index contributed by atoms with van der Waals surface area (Å²) in [6.07, 6.45) is 0. The molecule has 5 nitrogen and oxygen atoms in total. The molecule has 0 aliphatic heterocycles. The number of nitrogens with one attached hydrogen (secondary N) is 1. The zero-order chi connectivity index (χ0) is 14.6. The van der Waals surface area contributed by atoms with E-state index in [4.69, 9.17) is 11.6 Å². The summed E-state index contributed by atoms with van der Waals surface area (Å²) in [7, 11) is 3.95. The first kappa shape index (κ1) is 15.7. The molecule has 1 rings (SSSR count). The molecule has 106 valence electrons. The largest absolute Gasteiger partial charge is 0.375 e. The molecule has 1 aromatic rings. The number of nitro groups is 1. The van der Waals surface area contributed by atoms with Crippen molar-refractivity contribution in [2.75, 3.05) is 26.0 Å². The van der Waals surface area contributed by atoms with E-state index in [1.807, 2.05) is 19.0 Å². The van der Waals surface area contributed by atoms with E-state index in [2.05, 4.69) is 19.2 Å². The summed E-state index contributed by atoms with van der Waals surface area (Å²) in [5.41, 5.74) is 0.520. The van der Waals surface area contributed by atoms with Crippen LogP contribution in [0.3, 0.4) is 0 Å². The van der Waals surface area contributed by atoms with Gasteiger partial charge in [0, 0.05) is 23.7 Å². The molecule has 1 atom stereocenters. The second kappa shape index (κ2) is 6.73. The third-order valence-corrected chi connectivity index (χ3v) is 3.10. The normalized spacial score (nSPS) is 12.8. The maximum atomic E-state index is 11.0. The van der Waals surface area contributed by atoms with E-state index in [0.717, 1.165) is 6.54 Å². The molecule has 0 amide bonds. The van der Waals surface area contributed by atoms with E-state index in [1.54, 1.807) is 6.07 Å². The van der Waals surface area contributed by atoms with Gasteiger partial charge in [-0.05, 0) is 32.1 Å². The molecule has 0 heterocycles. The van der Waals surface area contributed by atoms with Crippen LogP contribution in [0, 0.1) is 16.0 Å². The van der Waals surface area contributed by atoms with Gasteiger partial charge >= 0.3 is 0 Å². The molecule has 0 spiro atoms. The summed E-state index contributed by atoms with van der Waals surface area (Å²) in [4.78, 5) is 12.7. The van der Waals surface area contributed by atoms with Crippen LogP contribution >= 0.6 is 11.6 Å². The summed E-state index contributed by atoms with van der Waals surface area (Å²) < 4.78 is 0. The summed E-state index contributed by atoms with van der Waals surface area (Å²) in [5.74, 6) is 0.348. The fraction of sp³-hybridized carbons (Fsp3) is 0.538. The van der Waals surface area contributed by atoms with Gasteiger partial charge in [-0.3, -0.25) is 10.1 Å². The number of rotatable bonds is 6. The molecule has 1 unspecified atom stereocenters. The van der Waals surface area contributed by atoms with Crippen LogP contribution in [0.2, 0.25) is 5.02 Å². The van der Waals surface area contributed by atoms with Crippen LogP contribution in [-0.2, 0) is 0 Å². The lowest BCUT2D eigenvalue weighted by Gasteiger charge is -2.26. The van der Waals surface area contributed by atoms with Gasteiger partial charge in [-0.25, -0.2) is 0 Å². The van der Waals surface area contributed by atoms with Gasteiger partial charge in [0.2, 0.25) is 0 Å². The van der Waals surface area contributed by atoms with E-state index in [-0.39, 0.29) is 11.7 Å². The molecule has 0 saturated carbocycles. The fourth-order valence-corrected chi connectivity index (χ4v) is 1.97. The third-order valence-electron chi connectivity index (χ3n) is 2.86. The number of nitrogens with zero attached hydrogens (tertiary/aromatic N) is 2. The first-order chi connectivity index (χ1) is 8.81. The van der Waals surface area contributed by atoms with Crippen molar-refractivity contribution in [2.24, 2.45) is 5.92 Å². The van der Waals surface area contributed by atoms with Gasteiger partial charge in [0.25, 0.3) is 5.69 Å². The highest BCUT2D eigenvalue weighted by Crippen LogP contribution is 2.29. The molecule has 19 heavy (non-hydrogen) atoms. The van der Waals surface area contributed by atoms with Gasteiger partial charge < -0.3 is 10.2 Å². The van der Waals surface area contributed by atoms with E-state index in [0.29, 0.717) is 16.6 Å². The van der Waals surface area contributed by atoms with E-state index < -0.39 is 4.92 Å². The first-order valence-corrected chi connectivity index (χ1v) is 6.54. The number of anilines is 1. The second-order valence-corrected chi connectivity index (χ2v) is 5.61. The third kappa shape index (κ3) is 4.69. The number of halogens is 1. The molecular formula is C13H20ClN3O2. The van der Waals surface area contributed by atoms with Crippen LogP contribution in [-0.4, -0.2) is 36.5 Å². The zero-order valence-corrected chi connectivity index (χ0v) is 12.4. The molecular weight excluding hydrogens is 266 g/mol. The summed E-state index contributed by atoms with van der Waals surface area (Å²) in [5, 5.41) is 14.7. The predicted molar refractivity (Wildman–Crippen MR) is 78.9 cm³/mol. The maximum Gasteiger partial charge on any atom is 0.292 e. The van der Waals surface area contributed by atoms with Crippen molar-refractivity contribution < 1.29 is 4.92 Å². The molecule has 1 aromatic carbocycles. The Labute approximate surface area is 118 Å². The number of hydrogen-bond acceptors (Lipinski definition) is 4. The number of hydrogen-bond donors (Lipinski definition) is 1. The van der Waals surface area contributed by atoms with Crippen LogP contribution in [0.25, 0.3) is 0 Å². The smallest absolute Gasteiger partial charge is 0.292 e. The van der Waals surface area contributed by atoms with Crippen LogP contribution in [0.15, 0.2) is 18.2 Å². The highest BCUT2D eigenvalue weighted by molar-refractivity contribution is 6.31. The van der Waals surface area contributed by atoms with Crippen molar-refractivity contribution in [3.05, 3.63) is 33.3 Å². The van der Waals surface area contributed by atoms with Gasteiger partial charge in [0.05, 0.1) is 4.92 Å². The Hall–Kier alpha value is -1.33. The van der Waals surface area contributed by atoms with Crippen LogP contribution in [0.5, 0.6) is 0 Å². The molecule has 0 fully saturated rings. The Balaban J connectivity index is 3.01. The summed E-state index contributed by atoms with van der Waals surface area (Å²) in [6.45, 7) is 4.95. The van der Waals surface area contributed by atoms with Crippen LogP contribution in [0.4, 0.5) is 11.4 Å². The van der Waals surface area contributed by atoms with Crippen molar-refractivity contribution in [3.8, 4) is 0 Å². The highest BCUT2D eigenvalue weighted by atomic mass is 35.5. The minimum atomic E-state index is -0.397. The SMILES string of the molecule is CC(C)C(CN(C)C)Nc1cc(Cl)ccc1[N+](=O)[O-]. The van der Waals surface area contributed by atoms with Gasteiger partial charge in [0.1, 0.15) is 5.69 Å². The summed E-state index contributed by atoms with van der Waals surface area (Å²) in [6, 6.07) is 4.68. The maximum absolute atomic E-state index is 11.0. The summed E-state index contributed by atoms with van der Waals surface area (Å²) >= 11 is 5.92. The number of nitro benzene ring substituents is 1. The minimum absolute atomic E-state index is 0.0498. The fourth-order valence-electron chi connectivity index (χ4n) is 1.80. The van der Waals surface area contributed by atoms with E-state index >= 15 is 0 Å². The average Bonchev–Trinajstić information content (AvgIpc) is 2.26. The molecule has 0 aliphatic rings. The Bertz CT molecular complexity index is 450. The second-order valence-electron chi connectivity index (χ2n) is 5.18. The van der Waals surface area contributed by atoms with Crippen LogP contribution in [0.1, 0.15) is 13.8 Å². The Morgan fingerprint density at radius 1 is 1.42 bits per heavy atom. The molecule has 0 aliphatic carbocycles. The van der Waals surface area contributed by atoms with Crippen LogP contribution < -0.4 is 5.32 Å². The van der Waals surface area contributed by atoms with Gasteiger partial charge in [-0.2, -0.15) is 0 Å². The van der Waals surface area contributed by atoms with E-state index in [9.17, 15) is 10.1 Å². The van der Waals surface area contributed by atoms with Crippen molar-refractivity contribution in [3.63, 3.8) is 0 Å². The predicted octanol–water partition coefficient (Wildman–Crippen LogP) is 3.25. The molecule has 0 bridgehead atoms. The lowest BCUT2D eigenvalue weighted by molar-refractivity contribution is -0.384. The Morgan fingerprint density at radius 3 is 2.53 bits per heavy atom. The highest BCUT2D eigenvalue weighted by Gasteiger charge is 2.20. The first-order valence-electron chi connectivity index (χ1n) is 6.16. The average molecular weight is 286 g/mol. The minimum Gasteiger partial charge on any atom is -0.375 e. The van der Waals surface area contributed by atoms with Crippen molar-refractivity contribution in [1.29, 1.82) is 0 Å². The Kier molecular flexibility index (Phi) is 5.57. The van der Waals surface area contributed by atoms with Gasteiger partial charge in [-0.15, -0.1) is 0 Å². The zero-order valence-electron chi connectivity index (χ0n) is 11.7. The molecule has 0 saturated heterocycles.